The van der Waals surface area contributed by atoms with Gasteiger partial charge in [0.25, 0.3) is 0 Å². The Hall–Kier alpha value is -1.61. The molecule has 1 heterocycles. The maximum Gasteiger partial charge on any atom is 0.337 e. The molecule has 0 spiro atoms. The predicted molar refractivity (Wildman–Crippen MR) is 67.8 cm³/mol. The number of hydrogen-bond donors (Lipinski definition) is 1. The van der Waals surface area contributed by atoms with Crippen LogP contribution in [0.25, 0.3) is 10.9 Å². The number of nitrogens with zero attached hydrogens (tertiary/aromatic N) is 1. The minimum Gasteiger partial charge on any atom is -0.478 e. The van der Waals surface area contributed by atoms with Crippen LogP contribution in [0.5, 0.6) is 0 Å². The van der Waals surface area contributed by atoms with Crippen LogP contribution in [-0.4, -0.2) is 16.1 Å². The van der Waals surface area contributed by atoms with Crippen molar-refractivity contribution in [1.29, 1.82) is 0 Å². The molecule has 2 aromatic rings. The number of halogens is 1. The molecular weight excluding hydrogens is 238 g/mol. The zero-order valence-electron chi connectivity index (χ0n) is 9.57. The summed E-state index contributed by atoms with van der Waals surface area (Å²) in [5.74, 6) is -0.854. The van der Waals surface area contributed by atoms with Crippen molar-refractivity contribution >= 4 is 28.5 Å². The number of hydrogen-bond acceptors (Lipinski definition) is 2. The van der Waals surface area contributed by atoms with Crippen molar-refractivity contribution in [3.8, 4) is 0 Å². The summed E-state index contributed by atoms with van der Waals surface area (Å²) < 4.78 is 0. The molecular formula is C13H12ClNO2. The lowest BCUT2D eigenvalue weighted by atomic mass is 9.94. The highest BCUT2D eigenvalue weighted by Gasteiger charge is 2.17. The molecule has 2 rings (SSSR count). The van der Waals surface area contributed by atoms with Crippen LogP contribution in [-0.2, 0) is 0 Å². The zero-order chi connectivity index (χ0) is 12.6. The van der Waals surface area contributed by atoms with Gasteiger partial charge in [-0.3, -0.25) is 4.98 Å². The summed E-state index contributed by atoms with van der Waals surface area (Å²) in [5.41, 5.74) is 1.68. The molecule has 0 bridgehead atoms. The molecule has 1 aromatic heterocycles. The Kier molecular flexibility index (Phi) is 3.03. The first-order chi connectivity index (χ1) is 8.02. The van der Waals surface area contributed by atoms with Gasteiger partial charge in [-0.2, -0.15) is 0 Å². The average molecular weight is 250 g/mol. The number of pyridine rings is 1. The number of para-hydroxylation sites is 1. The standard InChI is InChI=1S/C13H12ClNO2/c1-7(2)11-8-4-3-5-10(14)12(8)15-6-9(11)13(16)17/h3-7H,1-2H3,(H,16,17). The number of rotatable bonds is 2. The second-order valence-electron chi connectivity index (χ2n) is 4.18. The van der Waals surface area contributed by atoms with Gasteiger partial charge in [-0.25, -0.2) is 4.79 Å². The third-order valence-electron chi connectivity index (χ3n) is 2.70. The maximum absolute atomic E-state index is 11.2. The van der Waals surface area contributed by atoms with Crippen LogP contribution in [0.4, 0.5) is 0 Å². The lowest BCUT2D eigenvalue weighted by Crippen LogP contribution is -2.06. The van der Waals surface area contributed by atoms with Gasteiger partial charge in [-0.1, -0.05) is 37.6 Å². The fraction of sp³-hybridized carbons (Fsp3) is 0.231. The highest BCUT2D eigenvalue weighted by molar-refractivity contribution is 6.35. The van der Waals surface area contributed by atoms with Crippen molar-refractivity contribution in [1.82, 2.24) is 4.98 Å². The fourth-order valence-electron chi connectivity index (χ4n) is 2.00. The summed E-state index contributed by atoms with van der Waals surface area (Å²) in [7, 11) is 0. The van der Waals surface area contributed by atoms with Crippen molar-refractivity contribution in [3.05, 3.63) is 40.5 Å². The monoisotopic (exact) mass is 249 g/mol. The van der Waals surface area contributed by atoms with Gasteiger partial charge in [0.05, 0.1) is 16.1 Å². The molecule has 0 aliphatic carbocycles. The van der Waals surface area contributed by atoms with E-state index in [9.17, 15) is 9.90 Å². The van der Waals surface area contributed by atoms with Gasteiger partial charge in [0, 0.05) is 11.6 Å². The molecule has 4 heteroatoms. The second-order valence-corrected chi connectivity index (χ2v) is 4.59. The van der Waals surface area contributed by atoms with Crippen molar-refractivity contribution in [2.24, 2.45) is 0 Å². The quantitative estimate of drug-likeness (QED) is 0.883. The molecule has 0 aliphatic heterocycles. The molecule has 1 aromatic carbocycles. The van der Waals surface area contributed by atoms with E-state index >= 15 is 0 Å². The normalized spacial score (nSPS) is 11.1. The van der Waals surface area contributed by atoms with E-state index in [1.165, 1.54) is 6.20 Å². The van der Waals surface area contributed by atoms with Gasteiger partial charge in [-0.15, -0.1) is 0 Å². The molecule has 1 N–H and O–H groups in total. The van der Waals surface area contributed by atoms with Crippen molar-refractivity contribution in [2.45, 2.75) is 19.8 Å². The van der Waals surface area contributed by atoms with Crippen LogP contribution >= 0.6 is 11.6 Å². The van der Waals surface area contributed by atoms with E-state index in [0.29, 0.717) is 10.5 Å². The Morgan fingerprint density at radius 2 is 2.12 bits per heavy atom. The number of aromatic carboxylic acids is 1. The van der Waals surface area contributed by atoms with Gasteiger partial charge >= 0.3 is 5.97 Å². The van der Waals surface area contributed by atoms with Crippen LogP contribution in [0.2, 0.25) is 5.02 Å². The van der Waals surface area contributed by atoms with Crippen LogP contribution in [0, 0.1) is 0 Å². The minimum absolute atomic E-state index is 0.102. The van der Waals surface area contributed by atoms with E-state index in [1.807, 2.05) is 26.0 Å². The van der Waals surface area contributed by atoms with E-state index in [-0.39, 0.29) is 11.5 Å². The maximum atomic E-state index is 11.2. The Balaban J connectivity index is 2.89. The number of benzene rings is 1. The van der Waals surface area contributed by atoms with Gasteiger partial charge in [0.2, 0.25) is 0 Å². The highest BCUT2D eigenvalue weighted by atomic mass is 35.5. The molecule has 0 radical (unpaired) electrons. The van der Waals surface area contributed by atoms with E-state index < -0.39 is 5.97 Å². The molecule has 0 saturated carbocycles. The average Bonchev–Trinajstić information content (AvgIpc) is 2.27. The third-order valence-corrected chi connectivity index (χ3v) is 3.00. The molecule has 3 nitrogen and oxygen atoms in total. The Labute approximate surface area is 104 Å². The summed E-state index contributed by atoms with van der Waals surface area (Å²) in [5, 5.41) is 10.5. The topological polar surface area (TPSA) is 50.2 Å². The first-order valence-electron chi connectivity index (χ1n) is 5.32. The summed E-state index contributed by atoms with van der Waals surface area (Å²) in [6, 6.07) is 5.42. The Bertz CT molecular complexity index is 593. The summed E-state index contributed by atoms with van der Waals surface area (Å²) >= 11 is 6.06. The number of aromatic nitrogens is 1. The summed E-state index contributed by atoms with van der Waals surface area (Å²) in [6.07, 6.45) is 1.38. The zero-order valence-corrected chi connectivity index (χ0v) is 10.3. The lowest BCUT2D eigenvalue weighted by molar-refractivity contribution is 0.0695. The fourth-order valence-corrected chi connectivity index (χ4v) is 2.22. The van der Waals surface area contributed by atoms with Crippen LogP contribution in [0.3, 0.4) is 0 Å². The van der Waals surface area contributed by atoms with Gasteiger partial charge in [0.15, 0.2) is 0 Å². The van der Waals surface area contributed by atoms with E-state index in [0.717, 1.165) is 10.9 Å². The Morgan fingerprint density at radius 1 is 1.41 bits per heavy atom. The van der Waals surface area contributed by atoms with E-state index in [4.69, 9.17) is 11.6 Å². The first-order valence-corrected chi connectivity index (χ1v) is 5.70. The van der Waals surface area contributed by atoms with Crippen LogP contribution in [0.15, 0.2) is 24.4 Å². The van der Waals surface area contributed by atoms with Crippen LogP contribution in [0.1, 0.15) is 35.7 Å². The largest absolute Gasteiger partial charge is 0.478 e. The minimum atomic E-state index is -0.955. The van der Waals surface area contributed by atoms with Crippen molar-refractivity contribution in [2.75, 3.05) is 0 Å². The van der Waals surface area contributed by atoms with Crippen LogP contribution < -0.4 is 0 Å². The number of carboxylic acids is 1. The first kappa shape index (κ1) is 11.9. The SMILES string of the molecule is CC(C)c1c(C(=O)O)cnc2c(Cl)cccc12. The number of carboxylic acid groups (broad SMARTS) is 1. The molecule has 0 fully saturated rings. The summed E-state index contributed by atoms with van der Waals surface area (Å²) in [4.78, 5) is 15.3. The second kappa shape index (κ2) is 4.34. The molecule has 0 atom stereocenters. The molecule has 0 saturated heterocycles. The molecule has 88 valence electrons. The molecule has 0 aliphatic rings. The predicted octanol–water partition coefficient (Wildman–Crippen LogP) is 3.71. The molecule has 0 unspecified atom stereocenters. The molecule has 17 heavy (non-hydrogen) atoms. The van der Waals surface area contributed by atoms with Crippen molar-refractivity contribution < 1.29 is 9.90 Å². The van der Waals surface area contributed by atoms with Gasteiger partial charge in [0.1, 0.15) is 0 Å². The van der Waals surface area contributed by atoms with E-state index in [2.05, 4.69) is 4.98 Å². The number of carbonyl (C=O) groups is 1. The van der Waals surface area contributed by atoms with Gasteiger partial charge in [-0.05, 0) is 17.5 Å². The summed E-state index contributed by atoms with van der Waals surface area (Å²) in [6.45, 7) is 3.92. The third kappa shape index (κ3) is 1.98. The molecule has 0 amide bonds. The smallest absolute Gasteiger partial charge is 0.337 e. The van der Waals surface area contributed by atoms with E-state index in [1.54, 1.807) is 6.07 Å². The highest BCUT2D eigenvalue weighted by Crippen LogP contribution is 2.30. The number of fused-ring (bicyclic) bond motifs is 1. The van der Waals surface area contributed by atoms with Crippen molar-refractivity contribution in [3.63, 3.8) is 0 Å². The lowest BCUT2D eigenvalue weighted by Gasteiger charge is -2.13. The Morgan fingerprint density at radius 3 is 2.71 bits per heavy atom. The van der Waals surface area contributed by atoms with Gasteiger partial charge < -0.3 is 5.11 Å².